The molecule has 1 heterocycles. The van der Waals surface area contributed by atoms with Gasteiger partial charge in [-0.2, -0.15) is 0 Å². The summed E-state index contributed by atoms with van der Waals surface area (Å²) in [6, 6.07) is 4.89. The minimum atomic E-state index is -0.379. The Bertz CT molecular complexity index is 497. The third kappa shape index (κ3) is 4.07. The van der Waals surface area contributed by atoms with Gasteiger partial charge in [0.05, 0.1) is 23.3 Å². The van der Waals surface area contributed by atoms with Crippen LogP contribution in [-0.4, -0.2) is 49.7 Å². The van der Waals surface area contributed by atoms with E-state index in [1.54, 1.807) is 12.1 Å². The number of hydrogen-bond acceptors (Lipinski definition) is 5. The second-order valence-corrected chi connectivity index (χ2v) is 5.90. The Kier molecular flexibility index (Phi) is 5.01. The molecule has 0 aliphatic carbocycles. The fourth-order valence-electron chi connectivity index (χ4n) is 2.30. The number of hydrogen-bond donors (Lipinski definition) is 0. The molecule has 1 fully saturated rings. The van der Waals surface area contributed by atoms with Gasteiger partial charge in [0.2, 0.25) is 0 Å². The van der Waals surface area contributed by atoms with Crippen molar-refractivity contribution in [2.75, 3.05) is 44.7 Å². The molecule has 0 saturated carbocycles. The minimum absolute atomic E-state index is 0.0756. The first-order chi connectivity index (χ1) is 9.97. The highest BCUT2D eigenvalue weighted by Crippen LogP contribution is 2.33. The number of non-ortho nitro benzene ring substituents is 1. The molecule has 1 aliphatic rings. The Morgan fingerprint density at radius 2 is 1.95 bits per heavy atom. The number of anilines is 1. The lowest BCUT2D eigenvalue weighted by Crippen LogP contribution is -2.44. The average Bonchev–Trinajstić information content (AvgIpc) is 2.45. The number of rotatable bonds is 5. The molecule has 1 aromatic rings. The molecule has 6 nitrogen and oxygen atoms in total. The molecule has 116 valence electrons. The predicted octanol–water partition coefficient (Wildman–Crippen LogP) is 2.38. The van der Waals surface area contributed by atoms with E-state index in [0.29, 0.717) is 18.3 Å². The third-order valence-electron chi connectivity index (χ3n) is 3.57. The van der Waals surface area contributed by atoms with Crippen LogP contribution in [0.1, 0.15) is 13.8 Å². The van der Waals surface area contributed by atoms with Crippen molar-refractivity contribution in [3.8, 4) is 5.75 Å². The Labute approximate surface area is 125 Å². The first kappa shape index (κ1) is 15.6. The Morgan fingerprint density at radius 3 is 2.52 bits per heavy atom. The number of nitro benzene ring substituents is 1. The van der Waals surface area contributed by atoms with Gasteiger partial charge in [-0.1, -0.05) is 13.8 Å². The van der Waals surface area contributed by atoms with Crippen LogP contribution >= 0.6 is 0 Å². The number of ether oxygens (including phenoxy) is 1. The second kappa shape index (κ2) is 6.76. The van der Waals surface area contributed by atoms with E-state index in [1.165, 1.54) is 6.07 Å². The van der Waals surface area contributed by atoms with Crippen molar-refractivity contribution >= 4 is 11.4 Å². The zero-order valence-corrected chi connectivity index (χ0v) is 12.9. The first-order valence-corrected chi connectivity index (χ1v) is 7.32. The molecule has 0 atom stereocenters. The van der Waals surface area contributed by atoms with Gasteiger partial charge in [-0.25, -0.2) is 0 Å². The van der Waals surface area contributed by atoms with Gasteiger partial charge in [-0.05, 0) is 19.0 Å². The normalized spacial score (nSPS) is 16.3. The summed E-state index contributed by atoms with van der Waals surface area (Å²) in [6.45, 7) is 8.47. The van der Waals surface area contributed by atoms with Crippen LogP contribution in [0.3, 0.4) is 0 Å². The van der Waals surface area contributed by atoms with Crippen LogP contribution in [0.5, 0.6) is 5.75 Å². The summed E-state index contributed by atoms with van der Waals surface area (Å²) in [5, 5.41) is 11.0. The number of benzene rings is 1. The van der Waals surface area contributed by atoms with E-state index in [1.807, 2.05) is 0 Å². The molecular formula is C15H23N3O3. The van der Waals surface area contributed by atoms with Crippen LogP contribution in [0.2, 0.25) is 0 Å². The summed E-state index contributed by atoms with van der Waals surface area (Å²) in [6.07, 6.45) is 0. The van der Waals surface area contributed by atoms with E-state index in [4.69, 9.17) is 4.74 Å². The lowest BCUT2D eigenvalue weighted by atomic mass is 10.2. The summed E-state index contributed by atoms with van der Waals surface area (Å²) in [4.78, 5) is 15.1. The predicted molar refractivity (Wildman–Crippen MR) is 83.1 cm³/mol. The molecule has 0 amide bonds. The lowest BCUT2D eigenvalue weighted by molar-refractivity contribution is -0.384. The molecule has 0 radical (unpaired) electrons. The van der Waals surface area contributed by atoms with E-state index >= 15 is 0 Å². The lowest BCUT2D eigenvalue weighted by Gasteiger charge is -2.34. The fraction of sp³-hybridized carbons (Fsp3) is 0.600. The Balaban J connectivity index is 2.23. The smallest absolute Gasteiger partial charge is 0.273 e. The van der Waals surface area contributed by atoms with Crippen molar-refractivity contribution in [1.29, 1.82) is 0 Å². The monoisotopic (exact) mass is 293 g/mol. The fourth-order valence-corrected chi connectivity index (χ4v) is 2.30. The van der Waals surface area contributed by atoms with Crippen molar-refractivity contribution < 1.29 is 9.66 Å². The number of likely N-dealkylation sites (N-methyl/N-ethyl adjacent to an activating group) is 1. The third-order valence-corrected chi connectivity index (χ3v) is 3.57. The molecule has 0 spiro atoms. The highest BCUT2D eigenvalue weighted by atomic mass is 16.6. The van der Waals surface area contributed by atoms with Crippen molar-refractivity contribution in [3.05, 3.63) is 28.3 Å². The van der Waals surface area contributed by atoms with E-state index in [9.17, 15) is 10.1 Å². The number of piperazine rings is 1. The maximum absolute atomic E-state index is 11.0. The molecule has 0 N–H and O–H groups in total. The maximum Gasteiger partial charge on any atom is 0.273 e. The summed E-state index contributed by atoms with van der Waals surface area (Å²) in [5.41, 5.74) is 1.03. The largest absolute Gasteiger partial charge is 0.491 e. The van der Waals surface area contributed by atoms with Crippen molar-refractivity contribution in [3.63, 3.8) is 0 Å². The molecule has 2 rings (SSSR count). The van der Waals surface area contributed by atoms with Crippen molar-refractivity contribution in [2.24, 2.45) is 5.92 Å². The molecule has 1 aromatic carbocycles. The summed E-state index contributed by atoms with van der Waals surface area (Å²) >= 11 is 0. The van der Waals surface area contributed by atoms with E-state index < -0.39 is 0 Å². The van der Waals surface area contributed by atoms with Crippen molar-refractivity contribution in [1.82, 2.24) is 4.90 Å². The second-order valence-electron chi connectivity index (χ2n) is 5.90. The van der Waals surface area contributed by atoms with Gasteiger partial charge in [-0.15, -0.1) is 0 Å². The summed E-state index contributed by atoms with van der Waals surface area (Å²) < 4.78 is 5.81. The number of nitro groups is 1. The van der Waals surface area contributed by atoms with Crippen LogP contribution in [0, 0.1) is 16.0 Å². The molecule has 0 unspecified atom stereocenters. The van der Waals surface area contributed by atoms with Gasteiger partial charge < -0.3 is 14.5 Å². The van der Waals surface area contributed by atoms with Crippen molar-refractivity contribution in [2.45, 2.75) is 13.8 Å². The Hall–Kier alpha value is -1.82. The standard InChI is InChI=1S/C15H23N3O3/c1-12(2)11-21-15-10-13(18(19)20)4-5-14(15)17-8-6-16(3)7-9-17/h4-5,10,12H,6-9,11H2,1-3H3. The molecule has 1 aliphatic heterocycles. The van der Waals surface area contributed by atoms with Gasteiger partial charge >= 0.3 is 0 Å². The molecule has 0 aromatic heterocycles. The van der Waals surface area contributed by atoms with Gasteiger partial charge in [0.25, 0.3) is 5.69 Å². The molecule has 0 bridgehead atoms. The molecular weight excluding hydrogens is 270 g/mol. The van der Waals surface area contributed by atoms with E-state index in [-0.39, 0.29) is 10.6 Å². The van der Waals surface area contributed by atoms with Gasteiger partial charge in [0.15, 0.2) is 0 Å². The molecule has 1 saturated heterocycles. The highest BCUT2D eigenvalue weighted by Gasteiger charge is 2.20. The van der Waals surface area contributed by atoms with Gasteiger partial charge in [0.1, 0.15) is 5.75 Å². The molecule has 21 heavy (non-hydrogen) atoms. The quantitative estimate of drug-likeness (QED) is 0.616. The first-order valence-electron chi connectivity index (χ1n) is 7.32. The topological polar surface area (TPSA) is 58.9 Å². The average molecular weight is 293 g/mol. The minimum Gasteiger partial charge on any atom is -0.491 e. The van der Waals surface area contributed by atoms with Crippen LogP contribution < -0.4 is 9.64 Å². The maximum atomic E-state index is 11.0. The summed E-state index contributed by atoms with van der Waals surface area (Å²) in [7, 11) is 2.10. The van der Waals surface area contributed by atoms with E-state index in [2.05, 4.69) is 30.7 Å². The SMILES string of the molecule is CC(C)COc1cc([N+](=O)[O-])ccc1N1CCN(C)CC1. The zero-order chi connectivity index (χ0) is 15.4. The van der Waals surface area contributed by atoms with Gasteiger partial charge in [-0.3, -0.25) is 10.1 Å². The summed E-state index contributed by atoms with van der Waals surface area (Å²) in [5.74, 6) is 0.993. The van der Waals surface area contributed by atoms with Gasteiger partial charge in [0, 0.05) is 32.2 Å². The highest BCUT2D eigenvalue weighted by molar-refractivity contribution is 5.62. The number of nitrogens with zero attached hydrogens (tertiary/aromatic N) is 3. The Morgan fingerprint density at radius 1 is 1.29 bits per heavy atom. The van der Waals surface area contributed by atoms with E-state index in [0.717, 1.165) is 31.9 Å². The molecule has 6 heteroatoms. The van der Waals surface area contributed by atoms with Crippen LogP contribution in [-0.2, 0) is 0 Å². The van der Waals surface area contributed by atoms with Crippen LogP contribution in [0.25, 0.3) is 0 Å². The zero-order valence-electron chi connectivity index (χ0n) is 12.9. The van der Waals surface area contributed by atoms with Crippen LogP contribution in [0.4, 0.5) is 11.4 Å². The van der Waals surface area contributed by atoms with Crippen LogP contribution in [0.15, 0.2) is 18.2 Å².